The number of carbonyl (C=O) groups is 4. The summed E-state index contributed by atoms with van der Waals surface area (Å²) < 4.78 is 0. The molecule has 4 atom stereocenters. The minimum absolute atomic E-state index is 0.00422. The van der Waals surface area contributed by atoms with Crippen LogP contribution in [0.4, 0.5) is 5.69 Å². The number of nitrogens with two attached hydrogens (primary N) is 1. The van der Waals surface area contributed by atoms with E-state index < -0.39 is 18.1 Å². The smallest absolute Gasteiger partial charge is 0.251 e. The number of likely N-dealkylation sites (tertiary alicyclic amines) is 2. The standard InChI is InChI=1S/C30H45N5O4/c1-19(2)16-24(32-28(37)21-10-12-22(13-11-21)33(3)4)30(39)34-15-14-25-27(34)26(36)18-35(25)29(38)23(31)17-20-8-6-5-7-9-20/h10-13,19-20,23-25,27H,5-9,14-18,31H2,1-4H3,(H,32,37). The van der Waals surface area contributed by atoms with E-state index in [1.165, 1.54) is 19.3 Å². The monoisotopic (exact) mass is 539 g/mol. The summed E-state index contributed by atoms with van der Waals surface area (Å²) in [5.74, 6) is -0.263. The third-order valence-corrected chi connectivity index (χ3v) is 8.57. The first-order valence-electron chi connectivity index (χ1n) is 14.5. The number of nitrogens with one attached hydrogen (secondary N) is 1. The van der Waals surface area contributed by atoms with Crippen molar-refractivity contribution in [3.63, 3.8) is 0 Å². The fourth-order valence-electron chi connectivity index (χ4n) is 6.50. The first kappa shape index (κ1) is 29.1. The minimum atomic E-state index is -0.754. The van der Waals surface area contributed by atoms with Crippen LogP contribution in [0.5, 0.6) is 0 Å². The number of rotatable bonds is 9. The maximum absolute atomic E-state index is 13.8. The van der Waals surface area contributed by atoms with Crippen LogP contribution in [-0.4, -0.2) is 84.7 Å². The van der Waals surface area contributed by atoms with Crippen molar-refractivity contribution in [2.45, 2.75) is 89.4 Å². The zero-order chi connectivity index (χ0) is 28.3. The highest BCUT2D eigenvalue weighted by Gasteiger charge is 2.52. The van der Waals surface area contributed by atoms with Gasteiger partial charge in [0, 0.05) is 31.9 Å². The van der Waals surface area contributed by atoms with Gasteiger partial charge < -0.3 is 25.8 Å². The van der Waals surface area contributed by atoms with Crippen molar-refractivity contribution >= 4 is 29.2 Å². The topological polar surface area (TPSA) is 116 Å². The molecule has 0 spiro atoms. The van der Waals surface area contributed by atoms with Crippen LogP contribution in [0.1, 0.15) is 75.6 Å². The van der Waals surface area contributed by atoms with Gasteiger partial charge in [-0.25, -0.2) is 0 Å². The lowest BCUT2D eigenvalue weighted by Crippen LogP contribution is -2.53. The molecule has 4 unspecified atom stereocenters. The van der Waals surface area contributed by atoms with E-state index in [0.717, 1.165) is 18.5 Å². The highest BCUT2D eigenvalue weighted by molar-refractivity contribution is 6.01. The van der Waals surface area contributed by atoms with Crippen molar-refractivity contribution in [1.82, 2.24) is 15.1 Å². The summed E-state index contributed by atoms with van der Waals surface area (Å²) >= 11 is 0. The Morgan fingerprint density at radius 2 is 1.67 bits per heavy atom. The van der Waals surface area contributed by atoms with Crippen molar-refractivity contribution in [2.75, 3.05) is 32.1 Å². The molecular formula is C30H45N5O4. The molecule has 39 heavy (non-hydrogen) atoms. The average molecular weight is 540 g/mol. The lowest BCUT2D eigenvalue weighted by molar-refractivity contribution is -0.138. The van der Waals surface area contributed by atoms with Crippen LogP contribution in [0.3, 0.4) is 0 Å². The van der Waals surface area contributed by atoms with Crippen molar-refractivity contribution in [2.24, 2.45) is 17.6 Å². The van der Waals surface area contributed by atoms with Crippen LogP contribution < -0.4 is 16.0 Å². The Kier molecular flexibility index (Phi) is 9.31. The number of hydrogen-bond donors (Lipinski definition) is 2. The van der Waals surface area contributed by atoms with Crippen LogP contribution in [0, 0.1) is 11.8 Å². The van der Waals surface area contributed by atoms with E-state index in [1.54, 1.807) is 21.9 Å². The van der Waals surface area contributed by atoms with Gasteiger partial charge in [-0.2, -0.15) is 0 Å². The van der Waals surface area contributed by atoms with E-state index in [9.17, 15) is 19.2 Å². The largest absolute Gasteiger partial charge is 0.378 e. The molecule has 2 saturated heterocycles. The number of ketones is 1. The number of benzene rings is 1. The maximum atomic E-state index is 13.8. The quantitative estimate of drug-likeness (QED) is 0.498. The summed E-state index contributed by atoms with van der Waals surface area (Å²) in [6.45, 7) is 4.37. The molecule has 214 valence electrons. The molecule has 9 heteroatoms. The summed E-state index contributed by atoms with van der Waals surface area (Å²) in [7, 11) is 3.86. The third-order valence-electron chi connectivity index (χ3n) is 8.57. The molecule has 2 heterocycles. The lowest BCUT2D eigenvalue weighted by atomic mass is 9.84. The third kappa shape index (κ3) is 6.62. The van der Waals surface area contributed by atoms with Crippen LogP contribution in [0.2, 0.25) is 0 Å². The summed E-state index contributed by atoms with van der Waals surface area (Å²) in [6, 6.07) is 4.83. The number of Topliss-reactive ketones (excluding diaryl/α,β-unsaturated/α-hetero) is 1. The van der Waals surface area contributed by atoms with Crippen LogP contribution in [0.25, 0.3) is 0 Å². The second-order valence-electron chi connectivity index (χ2n) is 12.2. The SMILES string of the molecule is CC(C)CC(NC(=O)c1ccc(N(C)C)cc1)C(=O)N1CCC2C1C(=O)CN2C(=O)C(N)CC1CCCCC1. The minimum Gasteiger partial charge on any atom is -0.378 e. The molecule has 3 amide bonds. The Morgan fingerprint density at radius 1 is 1.00 bits per heavy atom. The summed E-state index contributed by atoms with van der Waals surface area (Å²) in [4.78, 5) is 58.5. The summed E-state index contributed by atoms with van der Waals surface area (Å²) in [5.41, 5.74) is 7.80. The molecule has 3 aliphatic rings. The van der Waals surface area contributed by atoms with Crippen molar-refractivity contribution in [3.05, 3.63) is 29.8 Å². The molecule has 1 aromatic carbocycles. The highest BCUT2D eigenvalue weighted by Crippen LogP contribution is 2.33. The highest BCUT2D eigenvalue weighted by atomic mass is 16.2. The van der Waals surface area contributed by atoms with Crippen molar-refractivity contribution in [3.8, 4) is 0 Å². The maximum Gasteiger partial charge on any atom is 0.251 e. The molecule has 0 aromatic heterocycles. The average Bonchev–Trinajstić information content (AvgIpc) is 3.49. The Balaban J connectivity index is 1.43. The molecule has 2 aliphatic heterocycles. The van der Waals surface area contributed by atoms with Gasteiger partial charge in [0.15, 0.2) is 5.78 Å². The summed E-state index contributed by atoms with van der Waals surface area (Å²) in [6.07, 6.45) is 7.48. The first-order chi connectivity index (χ1) is 18.6. The van der Waals surface area contributed by atoms with E-state index in [0.29, 0.717) is 37.3 Å². The molecular weight excluding hydrogens is 494 g/mol. The Morgan fingerprint density at radius 3 is 2.28 bits per heavy atom. The Labute approximate surface area is 232 Å². The molecule has 1 aliphatic carbocycles. The predicted octanol–water partition coefficient (Wildman–Crippen LogP) is 2.58. The summed E-state index contributed by atoms with van der Waals surface area (Å²) in [5, 5.41) is 2.93. The molecule has 0 radical (unpaired) electrons. The zero-order valence-electron chi connectivity index (χ0n) is 23.9. The Bertz CT molecular complexity index is 1050. The van der Waals surface area contributed by atoms with E-state index in [-0.39, 0.29) is 42.0 Å². The molecule has 0 bridgehead atoms. The van der Waals surface area contributed by atoms with E-state index >= 15 is 0 Å². The predicted molar refractivity (Wildman–Crippen MR) is 151 cm³/mol. The number of anilines is 1. The van der Waals surface area contributed by atoms with E-state index in [2.05, 4.69) is 5.32 Å². The van der Waals surface area contributed by atoms with Crippen LogP contribution in [0.15, 0.2) is 24.3 Å². The van der Waals surface area contributed by atoms with Gasteiger partial charge >= 0.3 is 0 Å². The van der Waals surface area contributed by atoms with Crippen LogP contribution in [-0.2, 0) is 14.4 Å². The molecule has 1 saturated carbocycles. The van der Waals surface area contributed by atoms with Gasteiger partial charge in [0.05, 0.1) is 18.6 Å². The van der Waals surface area contributed by atoms with Crippen LogP contribution >= 0.6 is 0 Å². The van der Waals surface area contributed by atoms with Gasteiger partial charge in [0.1, 0.15) is 12.1 Å². The number of fused-ring (bicyclic) bond motifs is 1. The van der Waals surface area contributed by atoms with Gasteiger partial charge in [-0.3, -0.25) is 19.2 Å². The van der Waals surface area contributed by atoms with Gasteiger partial charge in [-0.15, -0.1) is 0 Å². The number of carbonyl (C=O) groups excluding carboxylic acids is 4. The second kappa shape index (κ2) is 12.5. The molecule has 1 aromatic rings. The molecule has 3 fully saturated rings. The normalized spacial score (nSPS) is 23.1. The van der Waals surface area contributed by atoms with Gasteiger partial charge in [0.2, 0.25) is 11.8 Å². The molecule has 9 nitrogen and oxygen atoms in total. The number of nitrogens with zero attached hydrogens (tertiary/aromatic N) is 3. The lowest BCUT2D eigenvalue weighted by Gasteiger charge is -2.30. The Hall–Kier alpha value is -2.94. The molecule has 4 rings (SSSR count). The second-order valence-corrected chi connectivity index (χ2v) is 12.2. The fourth-order valence-corrected chi connectivity index (χ4v) is 6.50. The first-order valence-corrected chi connectivity index (χ1v) is 14.5. The fraction of sp³-hybridized carbons (Fsp3) is 0.667. The zero-order valence-corrected chi connectivity index (χ0v) is 23.9. The van der Waals surface area contributed by atoms with E-state index in [1.807, 2.05) is 45.0 Å². The van der Waals surface area contributed by atoms with Gasteiger partial charge in [-0.05, 0) is 55.4 Å². The number of amides is 3. The van der Waals surface area contributed by atoms with Crippen molar-refractivity contribution in [1.29, 1.82) is 0 Å². The van der Waals surface area contributed by atoms with Gasteiger partial charge in [-0.1, -0.05) is 46.0 Å². The van der Waals surface area contributed by atoms with Gasteiger partial charge in [0.25, 0.3) is 5.91 Å². The van der Waals surface area contributed by atoms with Crippen molar-refractivity contribution < 1.29 is 19.2 Å². The van der Waals surface area contributed by atoms with E-state index in [4.69, 9.17) is 5.73 Å². The number of hydrogen-bond acceptors (Lipinski definition) is 6. The molecule has 3 N–H and O–H groups in total.